The van der Waals surface area contributed by atoms with Crippen LogP contribution in [0.2, 0.25) is 0 Å². The Kier molecular flexibility index (Phi) is 4.03. The molecule has 1 amide bonds. The number of carbonyl (C=O) groups excluding carboxylic acids is 1. The number of aromatic nitrogens is 1. The van der Waals surface area contributed by atoms with Crippen molar-refractivity contribution in [1.82, 2.24) is 4.98 Å². The lowest BCUT2D eigenvalue weighted by molar-refractivity contribution is -0.115. The van der Waals surface area contributed by atoms with Crippen molar-refractivity contribution in [2.75, 3.05) is 11.1 Å². The van der Waals surface area contributed by atoms with Gasteiger partial charge in [0.1, 0.15) is 0 Å². The minimum atomic E-state index is -2.63. The Morgan fingerprint density at radius 2 is 2.10 bits per heavy atom. The summed E-state index contributed by atoms with van der Waals surface area (Å²) in [4.78, 5) is 16.4. The number of nitrogens with zero attached hydrogens (tertiary/aromatic N) is 1. The van der Waals surface area contributed by atoms with E-state index in [1.807, 2.05) is 0 Å². The Bertz CT molecular complexity index is 1370. The van der Waals surface area contributed by atoms with Crippen molar-refractivity contribution in [2.45, 2.75) is 45.1 Å². The highest BCUT2D eigenvalue weighted by Crippen LogP contribution is 2.21. The lowest BCUT2D eigenvalue weighted by Gasteiger charge is -2.11. The van der Waals surface area contributed by atoms with Crippen molar-refractivity contribution in [3.63, 3.8) is 0 Å². The molecule has 1 aromatic heterocycles. The molecule has 0 radical (unpaired) electrons. The number of rotatable bonds is 9. The highest BCUT2D eigenvalue weighted by molar-refractivity contribution is 7.13. The maximum Gasteiger partial charge on any atom is 0.230 e. The van der Waals surface area contributed by atoms with Crippen LogP contribution >= 0.6 is 11.3 Å². The fraction of sp³-hybridized carbons (Fsp3) is 0.304. The second-order valence-electron chi connectivity index (χ2n) is 6.30. The maximum atomic E-state index is 12.6. The van der Waals surface area contributed by atoms with Crippen LogP contribution in [0.25, 0.3) is 0 Å². The lowest BCUT2D eigenvalue weighted by atomic mass is 10.00. The molecule has 0 aliphatic rings. The molecular formula is C23H27N3O2S. The highest BCUT2D eigenvalue weighted by Gasteiger charge is 2.08. The molecule has 1 heterocycles. The molecule has 0 bridgehead atoms. The largest absolute Gasteiger partial charge is 0.388 e. The number of anilines is 2. The van der Waals surface area contributed by atoms with Gasteiger partial charge in [-0.1, -0.05) is 48.2 Å². The van der Waals surface area contributed by atoms with Crippen LogP contribution in [-0.4, -0.2) is 16.0 Å². The SMILES string of the molecule is [2H]c1c([2H])c(C)c([2H])c([C@@H](O)CCCCc2c([2H])c([2H])c(NC(=O)C([2H])([2H])c3csc(N)n3)c([2H])c2[2H])c1[2H]. The van der Waals surface area contributed by atoms with E-state index in [9.17, 15) is 9.90 Å². The molecular weight excluding hydrogens is 382 g/mol. The second kappa shape index (κ2) is 10.2. The van der Waals surface area contributed by atoms with Crippen molar-refractivity contribution in [1.29, 1.82) is 0 Å². The second-order valence-corrected chi connectivity index (χ2v) is 7.19. The summed E-state index contributed by atoms with van der Waals surface area (Å²) >= 11 is 0.943. The summed E-state index contributed by atoms with van der Waals surface area (Å²) in [6, 6.07) is -3.00. The van der Waals surface area contributed by atoms with Gasteiger partial charge < -0.3 is 16.2 Å². The predicted octanol–water partition coefficient (Wildman–Crippen LogP) is 4.66. The van der Waals surface area contributed by atoms with Gasteiger partial charge in [-0.25, -0.2) is 4.98 Å². The number of carbonyl (C=O) groups is 1. The summed E-state index contributed by atoms with van der Waals surface area (Å²) in [5.41, 5.74) is 5.06. The quantitative estimate of drug-likeness (QED) is 0.440. The predicted molar refractivity (Wildman–Crippen MR) is 119 cm³/mol. The van der Waals surface area contributed by atoms with E-state index in [-0.39, 0.29) is 64.5 Å². The Hall–Kier alpha value is -2.70. The van der Waals surface area contributed by atoms with E-state index in [1.165, 1.54) is 12.3 Å². The fourth-order valence-corrected chi connectivity index (χ4v) is 3.03. The molecule has 0 fully saturated rings. The molecule has 5 nitrogen and oxygen atoms in total. The van der Waals surface area contributed by atoms with Crippen molar-refractivity contribution in [3.05, 3.63) is 76.1 Å². The molecule has 0 saturated carbocycles. The number of aliphatic hydroxyl groups excluding tert-OH is 1. The van der Waals surface area contributed by atoms with Gasteiger partial charge in [0.25, 0.3) is 0 Å². The summed E-state index contributed by atoms with van der Waals surface area (Å²) in [6.07, 6.45) is -2.97. The van der Waals surface area contributed by atoms with E-state index in [4.69, 9.17) is 19.4 Å². The Labute approximate surface area is 189 Å². The van der Waals surface area contributed by atoms with Crippen LogP contribution in [-0.2, 0) is 17.6 Å². The standard InChI is InChI=1S/C23H27N3O2S/c1-16-5-4-7-18(13-16)21(27)8-3-2-6-17-9-11-19(12-10-17)25-22(28)14-20-15-29-23(24)26-20/h4-5,7,9-13,15,21,27H,2-3,6,8,14H2,1H3,(H2,24,26)(H,25,28)/t21-/m0/s1/i4D,5D,7D,9D,10D,11D,12D,13D,14D2. The van der Waals surface area contributed by atoms with Crippen molar-refractivity contribution in [3.8, 4) is 0 Å². The topological polar surface area (TPSA) is 88.2 Å². The third-order valence-corrected chi connectivity index (χ3v) is 4.61. The molecule has 1 atom stereocenters. The van der Waals surface area contributed by atoms with Crippen molar-refractivity contribution >= 4 is 28.1 Å². The molecule has 152 valence electrons. The van der Waals surface area contributed by atoms with Gasteiger partial charge in [-0.15, -0.1) is 11.3 Å². The molecule has 0 unspecified atom stereocenters. The number of hydrogen-bond donors (Lipinski definition) is 3. The number of hydrogen-bond acceptors (Lipinski definition) is 5. The Balaban J connectivity index is 1.73. The van der Waals surface area contributed by atoms with Crippen LogP contribution in [0.5, 0.6) is 0 Å². The summed E-state index contributed by atoms with van der Waals surface area (Å²) in [5.74, 6) is -1.22. The number of nitrogens with one attached hydrogen (secondary N) is 1. The summed E-state index contributed by atoms with van der Waals surface area (Å²) in [7, 11) is 0. The van der Waals surface area contributed by atoms with Crippen LogP contribution in [0.4, 0.5) is 10.8 Å². The third-order valence-electron chi connectivity index (χ3n) is 3.94. The van der Waals surface area contributed by atoms with E-state index in [0.29, 0.717) is 12.8 Å². The summed E-state index contributed by atoms with van der Waals surface area (Å²) in [6.45, 7) is 1.48. The minimum absolute atomic E-state index is 0.0296. The fourth-order valence-electron chi connectivity index (χ4n) is 2.54. The van der Waals surface area contributed by atoms with Gasteiger partial charge in [-0.3, -0.25) is 4.79 Å². The third kappa shape index (κ3) is 6.69. The molecule has 3 rings (SSSR count). The zero-order valence-corrected chi connectivity index (χ0v) is 16.6. The molecule has 0 saturated heterocycles. The highest BCUT2D eigenvalue weighted by atomic mass is 32.1. The maximum absolute atomic E-state index is 12.6. The molecule has 2 aromatic carbocycles. The van der Waals surface area contributed by atoms with E-state index >= 15 is 0 Å². The lowest BCUT2D eigenvalue weighted by Crippen LogP contribution is -2.14. The molecule has 0 aliphatic carbocycles. The zero-order valence-electron chi connectivity index (χ0n) is 25.8. The molecule has 0 spiro atoms. The number of unbranched alkanes of at least 4 members (excludes halogenated alkanes) is 1. The molecule has 4 N–H and O–H groups in total. The number of thiazole rings is 1. The van der Waals surface area contributed by atoms with Gasteiger partial charge >= 0.3 is 0 Å². The van der Waals surface area contributed by atoms with Crippen molar-refractivity contribution in [2.24, 2.45) is 0 Å². The Morgan fingerprint density at radius 1 is 1.31 bits per heavy atom. The first-order chi connectivity index (χ1) is 18.1. The average molecular weight is 420 g/mol. The summed E-state index contributed by atoms with van der Waals surface area (Å²) in [5, 5.41) is 14.1. The van der Waals surface area contributed by atoms with Crippen LogP contribution < -0.4 is 11.1 Å². The average Bonchev–Trinajstić information content (AvgIpc) is 3.34. The van der Waals surface area contributed by atoms with Gasteiger partial charge in [0.2, 0.25) is 5.91 Å². The van der Waals surface area contributed by atoms with Crippen LogP contribution in [0.1, 0.15) is 61.5 Å². The zero-order chi connectivity index (χ0) is 29.4. The van der Waals surface area contributed by atoms with Gasteiger partial charge in [-0.05, 0) is 49.4 Å². The molecule has 3 aromatic rings. The number of nitrogen functional groups attached to an aromatic ring is 1. The van der Waals surface area contributed by atoms with Gasteiger partial charge in [-0.2, -0.15) is 0 Å². The minimum Gasteiger partial charge on any atom is -0.388 e. The summed E-state index contributed by atoms with van der Waals surface area (Å²) < 4.78 is 81.1. The van der Waals surface area contributed by atoms with E-state index in [1.54, 1.807) is 0 Å². The number of nitrogens with two attached hydrogens (primary N) is 1. The van der Waals surface area contributed by atoms with E-state index in [0.717, 1.165) is 11.3 Å². The first-order valence-electron chi connectivity index (χ1n) is 14.0. The normalized spacial score (nSPS) is 17.3. The Morgan fingerprint density at radius 3 is 2.83 bits per heavy atom. The van der Waals surface area contributed by atoms with Gasteiger partial charge in [0, 0.05) is 13.8 Å². The number of amides is 1. The van der Waals surface area contributed by atoms with Gasteiger partial charge in [0.15, 0.2) is 5.13 Å². The molecule has 29 heavy (non-hydrogen) atoms. The van der Waals surface area contributed by atoms with Crippen LogP contribution in [0, 0.1) is 6.92 Å². The molecule has 6 heteroatoms. The first-order valence-corrected chi connectivity index (χ1v) is 9.86. The van der Waals surface area contributed by atoms with Crippen LogP contribution in [0.3, 0.4) is 0 Å². The van der Waals surface area contributed by atoms with E-state index < -0.39 is 48.2 Å². The molecule has 0 aliphatic heterocycles. The number of benzene rings is 2. The van der Waals surface area contributed by atoms with Gasteiger partial charge in [0.05, 0.1) is 29.1 Å². The monoisotopic (exact) mass is 419 g/mol. The number of aliphatic hydroxyl groups is 1. The van der Waals surface area contributed by atoms with Crippen molar-refractivity contribution < 1.29 is 23.6 Å². The first kappa shape index (κ1) is 11.5. The van der Waals surface area contributed by atoms with E-state index in [2.05, 4.69) is 10.3 Å². The van der Waals surface area contributed by atoms with Crippen LogP contribution in [0.15, 0.2) is 53.7 Å². The smallest absolute Gasteiger partial charge is 0.230 e.